The van der Waals surface area contributed by atoms with E-state index in [1.807, 2.05) is 24.3 Å². The zero-order valence-corrected chi connectivity index (χ0v) is 16.3. The lowest BCUT2D eigenvalue weighted by Crippen LogP contribution is -2.50. The SMILES string of the molecule is O=C(NC1CCCCC1)NC1CCN(Cn2ncc3ccccc3c2=O)CC1. The molecule has 2 aromatic rings. The van der Waals surface area contributed by atoms with Gasteiger partial charge in [-0.1, -0.05) is 37.5 Å². The molecule has 0 atom stereocenters. The van der Waals surface area contributed by atoms with Crippen molar-refractivity contribution in [1.82, 2.24) is 25.3 Å². The Kier molecular flexibility index (Phi) is 5.90. The van der Waals surface area contributed by atoms with Crippen LogP contribution in [0.15, 0.2) is 35.3 Å². The van der Waals surface area contributed by atoms with Crippen LogP contribution in [-0.2, 0) is 6.67 Å². The van der Waals surface area contributed by atoms with Gasteiger partial charge >= 0.3 is 6.03 Å². The maximum Gasteiger partial charge on any atom is 0.315 e. The average molecular weight is 383 g/mol. The fourth-order valence-corrected chi connectivity index (χ4v) is 4.30. The molecule has 7 heteroatoms. The number of amides is 2. The summed E-state index contributed by atoms with van der Waals surface area (Å²) in [4.78, 5) is 27.1. The molecule has 0 spiro atoms. The van der Waals surface area contributed by atoms with Gasteiger partial charge in [-0.3, -0.25) is 9.69 Å². The van der Waals surface area contributed by atoms with Crippen LogP contribution in [0.3, 0.4) is 0 Å². The molecular formula is C21H29N5O2. The van der Waals surface area contributed by atoms with Crippen molar-refractivity contribution < 1.29 is 4.79 Å². The normalized spacial score (nSPS) is 19.6. The second-order valence-electron chi connectivity index (χ2n) is 8.02. The van der Waals surface area contributed by atoms with Gasteiger partial charge in [0.25, 0.3) is 5.56 Å². The van der Waals surface area contributed by atoms with Gasteiger partial charge in [0.05, 0.1) is 18.3 Å². The number of hydrogen-bond acceptors (Lipinski definition) is 4. The highest BCUT2D eigenvalue weighted by Crippen LogP contribution is 2.17. The maximum absolute atomic E-state index is 12.6. The predicted octanol–water partition coefficient (Wildman–Crippen LogP) is 2.45. The number of carbonyl (C=O) groups excluding carboxylic acids is 1. The third kappa shape index (κ3) is 4.52. The first-order valence-electron chi connectivity index (χ1n) is 10.4. The van der Waals surface area contributed by atoms with Gasteiger partial charge in [0, 0.05) is 30.6 Å². The Bertz CT molecular complexity index is 866. The van der Waals surface area contributed by atoms with E-state index in [2.05, 4.69) is 20.6 Å². The first-order valence-corrected chi connectivity index (χ1v) is 10.4. The zero-order valence-electron chi connectivity index (χ0n) is 16.3. The Labute approximate surface area is 165 Å². The topological polar surface area (TPSA) is 79.3 Å². The molecule has 1 aliphatic carbocycles. The second-order valence-corrected chi connectivity index (χ2v) is 8.02. The molecular weight excluding hydrogens is 354 g/mol. The van der Waals surface area contributed by atoms with Crippen molar-refractivity contribution in [3.63, 3.8) is 0 Å². The third-order valence-corrected chi connectivity index (χ3v) is 5.96. The fourth-order valence-electron chi connectivity index (χ4n) is 4.30. The summed E-state index contributed by atoms with van der Waals surface area (Å²) < 4.78 is 1.53. The molecule has 1 aromatic heterocycles. The molecule has 2 amide bonds. The lowest BCUT2D eigenvalue weighted by atomic mass is 9.96. The van der Waals surface area contributed by atoms with Crippen LogP contribution in [0.1, 0.15) is 44.9 Å². The number of aromatic nitrogens is 2. The minimum atomic E-state index is -0.0507. The van der Waals surface area contributed by atoms with E-state index in [4.69, 9.17) is 0 Å². The summed E-state index contributed by atoms with van der Waals surface area (Å²) in [5, 5.41) is 12.1. The first-order chi connectivity index (χ1) is 13.7. The van der Waals surface area contributed by atoms with Crippen molar-refractivity contribution in [2.75, 3.05) is 13.1 Å². The molecule has 1 saturated carbocycles. The van der Waals surface area contributed by atoms with Crippen molar-refractivity contribution in [2.45, 2.75) is 63.7 Å². The van der Waals surface area contributed by atoms with Gasteiger partial charge < -0.3 is 10.6 Å². The molecule has 0 radical (unpaired) electrons. The van der Waals surface area contributed by atoms with Crippen molar-refractivity contribution in [2.24, 2.45) is 0 Å². The molecule has 1 aliphatic heterocycles. The maximum atomic E-state index is 12.6. The van der Waals surface area contributed by atoms with E-state index in [0.29, 0.717) is 18.1 Å². The number of benzene rings is 1. The van der Waals surface area contributed by atoms with Crippen LogP contribution in [0.2, 0.25) is 0 Å². The molecule has 4 rings (SSSR count). The Hall–Kier alpha value is -2.41. The Morgan fingerprint density at radius 2 is 1.68 bits per heavy atom. The Morgan fingerprint density at radius 1 is 1.00 bits per heavy atom. The van der Waals surface area contributed by atoms with Gasteiger partial charge in [0.1, 0.15) is 0 Å². The number of nitrogens with zero attached hydrogens (tertiary/aromatic N) is 3. The number of hydrogen-bond donors (Lipinski definition) is 2. The van der Waals surface area contributed by atoms with E-state index < -0.39 is 0 Å². The van der Waals surface area contributed by atoms with Gasteiger partial charge in [-0.25, -0.2) is 9.48 Å². The molecule has 2 N–H and O–H groups in total. The number of carbonyl (C=O) groups is 1. The van der Waals surface area contributed by atoms with Crippen LogP contribution >= 0.6 is 0 Å². The van der Waals surface area contributed by atoms with E-state index in [0.717, 1.165) is 44.2 Å². The molecule has 0 bridgehead atoms. The van der Waals surface area contributed by atoms with Gasteiger partial charge in [0.15, 0.2) is 0 Å². The van der Waals surface area contributed by atoms with E-state index in [1.54, 1.807) is 6.20 Å². The van der Waals surface area contributed by atoms with Crippen molar-refractivity contribution in [3.8, 4) is 0 Å². The number of nitrogens with one attached hydrogen (secondary N) is 2. The average Bonchev–Trinajstić information content (AvgIpc) is 2.72. The molecule has 0 unspecified atom stereocenters. The fraction of sp³-hybridized carbons (Fsp3) is 0.571. The monoisotopic (exact) mass is 383 g/mol. The van der Waals surface area contributed by atoms with Crippen LogP contribution in [-0.4, -0.2) is 45.9 Å². The van der Waals surface area contributed by atoms with E-state index >= 15 is 0 Å². The summed E-state index contributed by atoms with van der Waals surface area (Å²) in [6, 6.07) is 8.04. The van der Waals surface area contributed by atoms with Crippen LogP contribution < -0.4 is 16.2 Å². The quantitative estimate of drug-likeness (QED) is 0.850. The lowest BCUT2D eigenvalue weighted by molar-refractivity contribution is 0.149. The number of likely N-dealkylation sites (tertiary alicyclic amines) is 1. The van der Waals surface area contributed by atoms with E-state index in [-0.39, 0.29) is 17.6 Å². The van der Waals surface area contributed by atoms with Gasteiger partial charge in [0.2, 0.25) is 0 Å². The predicted molar refractivity (Wildman–Crippen MR) is 109 cm³/mol. The highest BCUT2D eigenvalue weighted by Gasteiger charge is 2.23. The van der Waals surface area contributed by atoms with Crippen molar-refractivity contribution in [3.05, 3.63) is 40.8 Å². The molecule has 2 aliphatic rings. The second kappa shape index (κ2) is 8.73. The number of fused-ring (bicyclic) bond motifs is 1. The third-order valence-electron chi connectivity index (χ3n) is 5.96. The smallest absolute Gasteiger partial charge is 0.315 e. The lowest BCUT2D eigenvalue weighted by Gasteiger charge is -2.32. The van der Waals surface area contributed by atoms with Crippen molar-refractivity contribution >= 4 is 16.8 Å². The van der Waals surface area contributed by atoms with E-state index in [1.165, 1.54) is 23.9 Å². The summed E-state index contributed by atoms with van der Waals surface area (Å²) in [6.45, 7) is 2.18. The van der Waals surface area contributed by atoms with Crippen LogP contribution in [0, 0.1) is 0 Å². The number of rotatable bonds is 4. The number of piperidine rings is 1. The summed E-state index contributed by atoms with van der Waals surface area (Å²) in [5.41, 5.74) is -0.0507. The van der Waals surface area contributed by atoms with Crippen LogP contribution in [0.25, 0.3) is 10.8 Å². The first kappa shape index (κ1) is 18.9. The minimum absolute atomic E-state index is 0.0298. The van der Waals surface area contributed by atoms with Crippen molar-refractivity contribution in [1.29, 1.82) is 0 Å². The molecule has 1 saturated heterocycles. The summed E-state index contributed by atoms with van der Waals surface area (Å²) >= 11 is 0. The summed E-state index contributed by atoms with van der Waals surface area (Å²) in [7, 11) is 0. The van der Waals surface area contributed by atoms with Gasteiger partial charge in [-0.15, -0.1) is 0 Å². The highest BCUT2D eigenvalue weighted by molar-refractivity contribution is 5.80. The van der Waals surface area contributed by atoms with Crippen LogP contribution in [0.5, 0.6) is 0 Å². The summed E-state index contributed by atoms with van der Waals surface area (Å²) in [6.07, 6.45) is 9.44. The van der Waals surface area contributed by atoms with Crippen LogP contribution in [0.4, 0.5) is 4.79 Å². The Balaban J connectivity index is 1.27. The largest absolute Gasteiger partial charge is 0.335 e. The van der Waals surface area contributed by atoms with Gasteiger partial charge in [-0.2, -0.15) is 5.10 Å². The standard InChI is InChI=1S/C21H29N5O2/c27-20-19-9-5-4-6-16(19)14-22-26(20)15-25-12-10-18(11-13-25)24-21(28)23-17-7-2-1-3-8-17/h4-6,9,14,17-18H,1-3,7-8,10-13,15H2,(H2,23,24,28). The van der Waals surface area contributed by atoms with E-state index in [9.17, 15) is 9.59 Å². The van der Waals surface area contributed by atoms with Gasteiger partial charge in [-0.05, 0) is 31.7 Å². The minimum Gasteiger partial charge on any atom is -0.335 e. The Morgan fingerprint density at radius 3 is 2.43 bits per heavy atom. The molecule has 2 heterocycles. The molecule has 2 fully saturated rings. The molecule has 1 aromatic carbocycles. The molecule has 7 nitrogen and oxygen atoms in total. The summed E-state index contributed by atoms with van der Waals surface area (Å²) in [5.74, 6) is 0. The highest BCUT2D eigenvalue weighted by atomic mass is 16.2. The molecule has 150 valence electrons. The number of urea groups is 1. The zero-order chi connectivity index (χ0) is 19.3. The molecule has 28 heavy (non-hydrogen) atoms.